The number of thiocarbonyl (C=S) groups is 1. The molecule has 80 valence electrons. The molecule has 0 heterocycles. The Labute approximate surface area is 93.7 Å². The van der Waals surface area contributed by atoms with Crippen LogP contribution >= 0.6 is 12.2 Å². The summed E-state index contributed by atoms with van der Waals surface area (Å²) in [7, 11) is 0. The van der Waals surface area contributed by atoms with E-state index in [0.717, 1.165) is 18.2 Å². The first-order valence-electron chi connectivity index (χ1n) is 5.00. The molecule has 1 aliphatic carbocycles. The van der Waals surface area contributed by atoms with E-state index >= 15 is 0 Å². The first-order valence-corrected chi connectivity index (χ1v) is 5.41. The van der Waals surface area contributed by atoms with Gasteiger partial charge in [-0.1, -0.05) is 12.2 Å². The van der Waals surface area contributed by atoms with Gasteiger partial charge >= 0.3 is 0 Å². The maximum Gasteiger partial charge on any atom is 0.124 e. The highest BCUT2D eigenvalue weighted by molar-refractivity contribution is 7.80. The molecule has 0 unspecified atom stereocenters. The number of rotatable bonds is 4. The molecule has 0 bridgehead atoms. The van der Waals surface area contributed by atoms with Crippen LogP contribution in [0.4, 0.5) is 10.1 Å². The summed E-state index contributed by atoms with van der Waals surface area (Å²) in [5.74, 6) is 0.448. The Kier molecular flexibility index (Phi) is 2.86. The zero-order valence-electron chi connectivity index (χ0n) is 8.29. The van der Waals surface area contributed by atoms with Crippen molar-refractivity contribution in [2.24, 2.45) is 11.7 Å². The molecule has 2 nitrogen and oxygen atoms in total. The summed E-state index contributed by atoms with van der Waals surface area (Å²) in [5.41, 5.74) is 6.95. The first-order chi connectivity index (χ1) is 7.16. The molecule has 2 rings (SSSR count). The van der Waals surface area contributed by atoms with Gasteiger partial charge in [-0.25, -0.2) is 4.39 Å². The maximum absolute atomic E-state index is 13.0. The molecule has 0 aliphatic heterocycles. The van der Waals surface area contributed by atoms with Gasteiger partial charge in [0, 0.05) is 17.8 Å². The van der Waals surface area contributed by atoms with Crippen molar-refractivity contribution in [3.8, 4) is 0 Å². The smallest absolute Gasteiger partial charge is 0.124 e. The van der Waals surface area contributed by atoms with E-state index < -0.39 is 0 Å². The third-order valence-corrected chi connectivity index (χ3v) is 2.75. The van der Waals surface area contributed by atoms with Crippen LogP contribution in [-0.2, 0) is 0 Å². The zero-order valence-corrected chi connectivity index (χ0v) is 9.11. The number of hydrogen-bond donors (Lipinski definition) is 2. The van der Waals surface area contributed by atoms with Crippen molar-refractivity contribution in [1.29, 1.82) is 0 Å². The van der Waals surface area contributed by atoms with Gasteiger partial charge in [0.25, 0.3) is 0 Å². The highest BCUT2D eigenvalue weighted by Crippen LogP contribution is 2.29. The van der Waals surface area contributed by atoms with E-state index in [1.54, 1.807) is 6.07 Å². The van der Waals surface area contributed by atoms with E-state index in [-0.39, 0.29) is 10.8 Å². The standard InChI is InChI=1S/C11H13FN2S/c12-8-3-4-10(9(5-8)11(13)15)14-6-7-1-2-7/h3-5,7,14H,1-2,6H2,(H2,13,15). The van der Waals surface area contributed by atoms with Crippen LogP contribution in [0.15, 0.2) is 18.2 Å². The van der Waals surface area contributed by atoms with Crippen LogP contribution < -0.4 is 11.1 Å². The van der Waals surface area contributed by atoms with Crippen molar-refractivity contribution in [2.75, 3.05) is 11.9 Å². The molecule has 1 saturated carbocycles. The second-order valence-electron chi connectivity index (χ2n) is 3.88. The monoisotopic (exact) mass is 224 g/mol. The minimum absolute atomic E-state index is 0.229. The van der Waals surface area contributed by atoms with Crippen molar-refractivity contribution < 1.29 is 4.39 Å². The van der Waals surface area contributed by atoms with Crippen molar-refractivity contribution in [2.45, 2.75) is 12.8 Å². The number of hydrogen-bond acceptors (Lipinski definition) is 2. The second-order valence-corrected chi connectivity index (χ2v) is 4.32. The lowest BCUT2D eigenvalue weighted by atomic mass is 10.1. The maximum atomic E-state index is 13.0. The van der Waals surface area contributed by atoms with Gasteiger partial charge in [-0.15, -0.1) is 0 Å². The lowest BCUT2D eigenvalue weighted by Crippen LogP contribution is -2.14. The normalized spacial score (nSPS) is 15.0. The summed E-state index contributed by atoms with van der Waals surface area (Å²) in [6, 6.07) is 4.47. The topological polar surface area (TPSA) is 38.0 Å². The Hall–Kier alpha value is -1.16. The summed E-state index contributed by atoms with van der Waals surface area (Å²) in [6.07, 6.45) is 2.55. The molecule has 0 spiro atoms. The molecule has 1 aromatic rings. The van der Waals surface area contributed by atoms with Gasteiger partial charge in [0.2, 0.25) is 0 Å². The molecule has 0 aromatic heterocycles. The fraction of sp³-hybridized carbons (Fsp3) is 0.364. The van der Waals surface area contributed by atoms with Crippen LogP contribution in [0.2, 0.25) is 0 Å². The van der Waals surface area contributed by atoms with E-state index in [2.05, 4.69) is 5.32 Å². The fourth-order valence-corrected chi connectivity index (χ4v) is 1.62. The predicted octanol–water partition coefficient (Wildman–Crippen LogP) is 2.28. The third-order valence-electron chi connectivity index (χ3n) is 2.53. The molecule has 0 atom stereocenters. The lowest BCUT2D eigenvalue weighted by Gasteiger charge is -2.10. The van der Waals surface area contributed by atoms with Gasteiger partial charge in [0.1, 0.15) is 10.8 Å². The second kappa shape index (κ2) is 4.14. The molecule has 1 aliphatic rings. The fourth-order valence-electron chi connectivity index (χ4n) is 1.45. The van der Waals surface area contributed by atoms with Crippen molar-refractivity contribution in [1.82, 2.24) is 0 Å². The largest absolute Gasteiger partial charge is 0.389 e. The molecule has 1 aromatic carbocycles. The van der Waals surface area contributed by atoms with Crippen molar-refractivity contribution in [3.63, 3.8) is 0 Å². The molecule has 15 heavy (non-hydrogen) atoms. The van der Waals surface area contributed by atoms with E-state index in [9.17, 15) is 4.39 Å². The quantitative estimate of drug-likeness (QED) is 0.771. The summed E-state index contributed by atoms with van der Waals surface area (Å²) in [6.45, 7) is 0.918. The molecular weight excluding hydrogens is 211 g/mol. The van der Waals surface area contributed by atoms with Crippen molar-refractivity contribution >= 4 is 22.9 Å². The van der Waals surface area contributed by atoms with Gasteiger partial charge in [-0.2, -0.15) is 0 Å². The number of nitrogens with one attached hydrogen (secondary N) is 1. The SMILES string of the molecule is NC(=S)c1cc(F)ccc1NCC1CC1. The van der Waals surface area contributed by atoms with Gasteiger partial charge in [-0.3, -0.25) is 0 Å². The number of anilines is 1. The van der Waals surface area contributed by atoms with Crippen molar-refractivity contribution in [3.05, 3.63) is 29.6 Å². The average molecular weight is 224 g/mol. The van der Waals surface area contributed by atoms with Gasteiger partial charge in [0.15, 0.2) is 0 Å². The predicted molar refractivity (Wildman–Crippen MR) is 63.5 cm³/mol. The van der Waals surface area contributed by atoms with Gasteiger partial charge in [-0.05, 0) is 37.0 Å². The molecule has 0 saturated heterocycles. The number of nitrogens with two attached hydrogens (primary N) is 1. The van der Waals surface area contributed by atoms with Crippen LogP contribution in [0.1, 0.15) is 18.4 Å². The van der Waals surface area contributed by atoms with Gasteiger partial charge < -0.3 is 11.1 Å². The zero-order chi connectivity index (χ0) is 10.8. The Morgan fingerprint density at radius 2 is 2.27 bits per heavy atom. The highest BCUT2D eigenvalue weighted by atomic mass is 32.1. The van der Waals surface area contributed by atoms with E-state index in [4.69, 9.17) is 18.0 Å². The van der Waals surface area contributed by atoms with Crippen LogP contribution in [0.5, 0.6) is 0 Å². The van der Waals surface area contributed by atoms with E-state index in [1.807, 2.05) is 0 Å². The number of benzene rings is 1. The summed E-state index contributed by atoms with van der Waals surface area (Å²) >= 11 is 4.88. The first kappa shape index (κ1) is 10.4. The van der Waals surface area contributed by atoms with E-state index in [1.165, 1.54) is 25.0 Å². The molecule has 0 radical (unpaired) electrons. The Morgan fingerprint density at radius 1 is 1.53 bits per heavy atom. The highest BCUT2D eigenvalue weighted by Gasteiger charge is 2.21. The number of halogens is 1. The Balaban J connectivity index is 2.15. The van der Waals surface area contributed by atoms with Crippen LogP contribution in [-0.4, -0.2) is 11.5 Å². The van der Waals surface area contributed by atoms with Crippen LogP contribution in [0.25, 0.3) is 0 Å². The summed E-state index contributed by atoms with van der Waals surface area (Å²) in [4.78, 5) is 0.229. The molecular formula is C11H13FN2S. The Bertz CT molecular complexity index is 388. The average Bonchev–Trinajstić information content (AvgIpc) is 2.99. The Morgan fingerprint density at radius 3 is 2.87 bits per heavy atom. The molecule has 0 amide bonds. The minimum atomic E-state index is -0.310. The molecule has 3 N–H and O–H groups in total. The van der Waals surface area contributed by atoms with E-state index in [0.29, 0.717) is 5.56 Å². The van der Waals surface area contributed by atoms with Crippen LogP contribution in [0, 0.1) is 11.7 Å². The summed E-state index contributed by atoms with van der Waals surface area (Å²) < 4.78 is 13.0. The molecule has 4 heteroatoms. The third kappa shape index (κ3) is 2.65. The summed E-state index contributed by atoms with van der Waals surface area (Å²) in [5, 5.41) is 3.25. The van der Waals surface area contributed by atoms with Gasteiger partial charge in [0.05, 0.1) is 0 Å². The minimum Gasteiger partial charge on any atom is -0.389 e. The molecule has 1 fully saturated rings. The lowest BCUT2D eigenvalue weighted by molar-refractivity contribution is 0.627. The van der Waals surface area contributed by atoms with Crippen LogP contribution in [0.3, 0.4) is 0 Å².